The molecule has 0 spiro atoms. The van der Waals surface area contributed by atoms with Crippen molar-refractivity contribution < 1.29 is 13.9 Å². The van der Waals surface area contributed by atoms with Crippen molar-refractivity contribution in [1.82, 2.24) is 4.57 Å². The van der Waals surface area contributed by atoms with E-state index in [1.807, 2.05) is 0 Å². The highest BCUT2D eigenvalue weighted by molar-refractivity contribution is 9.10. The van der Waals surface area contributed by atoms with Crippen LogP contribution in [0.1, 0.15) is 36.2 Å². The zero-order chi connectivity index (χ0) is 16.0. The van der Waals surface area contributed by atoms with Crippen LogP contribution >= 0.6 is 27.5 Å². The van der Waals surface area contributed by atoms with Crippen molar-refractivity contribution in [2.24, 2.45) is 0 Å². The Morgan fingerprint density at radius 2 is 2.23 bits per heavy atom. The van der Waals surface area contributed by atoms with Crippen molar-refractivity contribution in [1.29, 1.82) is 0 Å². The number of benzene rings is 1. The van der Waals surface area contributed by atoms with E-state index in [9.17, 15) is 14.0 Å². The highest BCUT2D eigenvalue weighted by Crippen LogP contribution is 2.40. The predicted octanol–water partition coefficient (Wildman–Crippen LogP) is 4.07. The van der Waals surface area contributed by atoms with E-state index in [1.165, 1.54) is 12.3 Å². The lowest BCUT2D eigenvalue weighted by Crippen LogP contribution is -2.21. The highest BCUT2D eigenvalue weighted by atomic mass is 79.9. The summed E-state index contributed by atoms with van der Waals surface area (Å²) in [6.45, 7) is 1.84. The molecule has 0 aliphatic heterocycles. The maximum Gasteiger partial charge on any atom is 0.343 e. The van der Waals surface area contributed by atoms with Crippen LogP contribution in [0.5, 0.6) is 0 Å². The van der Waals surface area contributed by atoms with Crippen LogP contribution in [0.15, 0.2) is 21.5 Å². The van der Waals surface area contributed by atoms with Crippen LogP contribution < -0.4 is 5.43 Å². The standard InChI is InChI=1S/C15H12BrClFNO3/c1-2-22-15(21)9-6-19(7-3-4-7)13-8(14(9)20)5-10(16)12(18)11(13)17/h5-7H,2-4H2,1H3. The maximum absolute atomic E-state index is 14.1. The summed E-state index contributed by atoms with van der Waals surface area (Å²) in [5, 5.41) is 0.0829. The average Bonchev–Trinajstić information content (AvgIpc) is 3.30. The van der Waals surface area contributed by atoms with Crippen molar-refractivity contribution in [2.45, 2.75) is 25.8 Å². The van der Waals surface area contributed by atoms with E-state index in [-0.39, 0.29) is 33.1 Å². The number of rotatable bonds is 3. The lowest BCUT2D eigenvalue weighted by molar-refractivity contribution is 0.0524. The van der Waals surface area contributed by atoms with Crippen LogP contribution in [0.25, 0.3) is 10.9 Å². The summed E-state index contributed by atoms with van der Waals surface area (Å²) < 4.78 is 20.8. The number of aromatic nitrogens is 1. The van der Waals surface area contributed by atoms with Gasteiger partial charge in [-0.15, -0.1) is 0 Å². The molecule has 0 amide bonds. The van der Waals surface area contributed by atoms with Crippen LogP contribution in [0.4, 0.5) is 4.39 Å². The largest absolute Gasteiger partial charge is 0.462 e. The molecule has 0 saturated heterocycles. The van der Waals surface area contributed by atoms with Gasteiger partial charge in [-0.2, -0.15) is 0 Å². The van der Waals surface area contributed by atoms with Gasteiger partial charge in [0.05, 0.1) is 16.6 Å². The normalized spacial score (nSPS) is 14.4. The molecule has 1 aromatic heterocycles. The summed E-state index contributed by atoms with van der Waals surface area (Å²) in [7, 11) is 0. The third kappa shape index (κ3) is 2.44. The van der Waals surface area contributed by atoms with Crippen molar-refractivity contribution in [2.75, 3.05) is 6.61 Å². The molecule has 22 heavy (non-hydrogen) atoms. The van der Waals surface area contributed by atoms with Gasteiger partial charge < -0.3 is 9.30 Å². The Balaban J connectivity index is 2.38. The lowest BCUT2D eigenvalue weighted by atomic mass is 10.1. The summed E-state index contributed by atoms with van der Waals surface area (Å²) in [4.78, 5) is 24.5. The molecule has 7 heteroatoms. The number of hydrogen-bond donors (Lipinski definition) is 0. The van der Waals surface area contributed by atoms with Gasteiger partial charge in [0.1, 0.15) is 10.6 Å². The minimum Gasteiger partial charge on any atom is -0.462 e. The number of ether oxygens (including phenoxy) is 1. The van der Waals surface area contributed by atoms with Crippen LogP contribution in [0.2, 0.25) is 5.02 Å². The number of hydrogen-bond acceptors (Lipinski definition) is 3. The molecular weight excluding hydrogens is 377 g/mol. The molecule has 1 saturated carbocycles. The van der Waals surface area contributed by atoms with E-state index >= 15 is 0 Å². The number of esters is 1. The van der Waals surface area contributed by atoms with Gasteiger partial charge in [0.25, 0.3) is 0 Å². The van der Waals surface area contributed by atoms with E-state index < -0.39 is 17.2 Å². The number of pyridine rings is 1. The van der Waals surface area contributed by atoms with Gasteiger partial charge in [0, 0.05) is 17.6 Å². The fourth-order valence-corrected chi connectivity index (χ4v) is 3.26. The highest BCUT2D eigenvalue weighted by Gasteiger charge is 2.29. The summed E-state index contributed by atoms with van der Waals surface area (Å²) in [5.41, 5.74) is -0.244. The zero-order valence-electron chi connectivity index (χ0n) is 11.7. The summed E-state index contributed by atoms with van der Waals surface area (Å²) in [6, 6.07) is 1.48. The molecule has 1 aliphatic carbocycles. The molecule has 3 rings (SSSR count). The fraction of sp³-hybridized carbons (Fsp3) is 0.333. The van der Waals surface area contributed by atoms with Crippen molar-refractivity contribution >= 4 is 44.4 Å². The summed E-state index contributed by atoms with van der Waals surface area (Å²) in [5.74, 6) is -1.30. The quantitative estimate of drug-likeness (QED) is 0.588. The number of fused-ring (bicyclic) bond motifs is 1. The van der Waals surface area contributed by atoms with Crippen molar-refractivity contribution in [3.8, 4) is 0 Å². The summed E-state index contributed by atoms with van der Waals surface area (Å²) >= 11 is 9.14. The first-order valence-corrected chi connectivity index (χ1v) is 8.02. The Bertz CT molecular complexity index is 845. The monoisotopic (exact) mass is 387 g/mol. The van der Waals surface area contributed by atoms with E-state index in [1.54, 1.807) is 11.5 Å². The molecule has 4 nitrogen and oxygen atoms in total. The molecule has 2 aromatic rings. The average molecular weight is 389 g/mol. The first-order valence-electron chi connectivity index (χ1n) is 6.85. The first-order chi connectivity index (χ1) is 10.5. The molecule has 0 unspecified atom stereocenters. The van der Waals surface area contributed by atoms with Crippen molar-refractivity contribution in [3.63, 3.8) is 0 Å². The van der Waals surface area contributed by atoms with Gasteiger partial charge in [-0.1, -0.05) is 11.6 Å². The molecule has 1 aliphatic rings. The SMILES string of the molecule is CCOC(=O)c1cn(C2CC2)c2c(Cl)c(F)c(Br)cc2c1=O. The second kappa shape index (κ2) is 5.66. The molecule has 0 bridgehead atoms. The molecule has 0 N–H and O–H groups in total. The van der Waals surface area contributed by atoms with Crippen LogP contribution in [-0.2, 0) is 4.74 Å². The van der Waals surface area contributed by atoms with Gasteiger partial charge in [0.15, 0.2) is 5.82 Å². The van der Waals surface area contributed by atoms with E-state index in [0.717, 1.165) is 12.8 Å². The molecule has 116 valence electrons. The topological polar surface area (TPSA) is 48.3 Å². The maximum atomic E-state index is 14.1. The van der Waals surface area contributed by atoms with E-state index in [0.29, 0.717) is 5.52 Å². The number of halogens is 3. The molecule has 0 atom stereocenters. The number of carbonyl (C=O) groups is 1. The third-order valence-electron chi connectivity index (χ3n) is 3.59. The first kappa shape index (κ1) is 15.5. The van der Waals surface area contributed by atoms with Gasteiger partial charge in [-0.25, -0.2) is 9.18 Å². The Morgan fingerprint density at radius 3 is 2.82 bits per heavy atom. The minimum absolute atomic E-state index is 0.0594. The van der Waals surface area contributed by atoms with Crippen LogP contribution in [-0.4, -0.2) is 17.1 Å². The Hall–Kier alpha value is -1.40. The molecule has 1 heterocycles. The van der Waals surface area contributed by atoms with E-state index in [4.69, 9.17) is 16.3 Å². The zero-order valence-corrected chi connectivity index (χ0v) is 14.0. The van der Waals surface area contributed by atoms with Gasteiger partial charge in [0.2, 0.25) is 5.43 Å². The smallest absolute Gasteiger partial charge is 0.343 e. The number of nitrogens with zero attached hydrogens (tertiary/aromatic N) is 1. The van der Waals surface area contributed by atoms with Crippen molar-refractivity contribution in [3.05, 3.63) is 43.4 Å². The summed E-state index contributed by atoms with van der Waals surface area (Å²) in [6.07, 6.45) is 3.22. The predicted molar refractivity (Wildman–Crippen MR) is 85.1 cm³/mol. The minimum atomic E-state index is -0.680. The Kier molecular flexibility index (Phi) is 3.99. The number of carbonyl (C=O) groups excluding carboxylic acids is 1. The van der Waals surface area contributed by atoms with Crippen LogP contribution in [0.3, 0.4) is 0 Å². The lowest BCUT2D eigenvalue weighted by Gasteiger charge is -2.14. The second-order valence-corrected chi connectivity index (χ2v) is 6.35. The molecule has 0 radical (unpaired) electrons. The third-order valence-corrected chi connectivity index (χ3v) is 4.51. The van der Waals surface area contributed by atoms with Gasteiger partial charge >= 0.3 is 5.97 Å². The molecular formula is C15H12BrClFNO3. The van der Waals surface area contributed by atoms with E-state index in [2.05, 4.69) is 15.9 Å². The fourth-order valence-electron chi connectivity index (χ4n) is 2.41. The van der Waals surface area contributed by atoms with Gasteiger partial charge in [-0.3, -0.25) is 4.79 Å². The Labute approximate surface area is 138 Å². The molecule has 1 fully saturated rings. The second-order valence-electron chi connectivity index (χ2n) is 5.11. The molecule has 1 aromatic carbocycles. The van der Waals surface area contributed by atoms with Gasteiger partial charge in [-0.05, 0) is 41.8 Å². The van der Waals surface area contributed by atoms with Crippen LogP contribution in [0, 0.1) is 5.82 Å². The Morgan fingerprint density at radius 1 is 1.55 bits per heavy atom.